The lowest BCUT2D eigenvalue weighted by Gasteiger charge is -2.09. The van der Waals surface area contributed by atoms with E-state index < -0.39 is 16.6 Å². The summed E-state index contributed by atoms with van der Waals surface area (Å²) in [5, 5.41) is 0. The number of nitrogen functional groups attached to an aromatic ring is 1. The number of benzene rings is 1. The molecule has 1 aliphatic heterocycles. The fourth-order valence-corrected chi connectivity index (χ4v) is 3.05. The van der Waals surface area contributed by atoms with E-state index in [1.165, 1.54) is 12.1 Å². The molecule has 0 aromatic heterocycles. The van der Waals surface area contributed by atoms with Crippen LogP contribution >= 0.6 is 0 Å². The molecule has 1 aromatic carbocycles. The monoisotopic (exact) mass is 257 g/mol. The van der Waals surface area contributed by atoms with Crippen molar-refractivity contribution in [3.63, 3.8) is 0 Å². The van der Waals surface area contributed by atoms with E-state index in [0.717, 1.165) is 25.9 Å². The molecule has 17 heavy (non-hydrogen) atoms. The quantitative estimate of drug-likeness (QED) is 0.840. The van der Waals surface area contributed by atoms with Crippen molar-refractivity contribution in [2.24, 2.45) is 0 Å². The van der Waals surface area contributed by atoms with Gasteiger partial charge in [-0.05, 0) is 37.5 Å². The van der Waals surface area contributed by atoms with Gasteiger partial charge in [0.25, 0.3) is 0 Å². The molecular weight excluding hydrogens is 241 g/mol. The summed E-state index contributed by atoms with van der Waals surface area (Å²) in [6.45, 7) is 0.799. The zero-order valence-corrected chi connectivity index (χ0v) is 10.3. The van der Waals surface area contributed by atoms with E-state index in [4.69, 9.17) is 10.5 Å². The van der Waals surface area contributed by atoms with Gasteiger partial charge in [-0.25, -0.2) is 4.39 Å². The van der Waals surface area contributed by atoms with Gasteiger partial charge >= 0.3 is 0 Å². The molecule has 94 valence electrons. The van der Waals surface area contributed by atoms with Crippen LogP contribution in [0.5, 0.6) is 0 Å². The van der Waals surface area contributed by atoms with Gasteiger partial charge in [0.05, 0.1) is 22.6 Å². The summed E-state index contributed by atoms with van der Waals surface area (Å²) in [4.78, 5) is 0.495. The molecule has 0 bridgehead atoms. The molecule has 1 aliphatic rings. The van der Waals surface area contributed by atoms with Gasteiger partial charge < -0.3 is 10.5 Å². The smallest absolute Gasteiger partial charge is 0.147 e. The number of anilines is 1. The molecule has 0 aliphatic carbocycles. The van der Waals surface area contributed by atoms with Gasteiger partial charge in [0.15, 0.2) is 0 Å². The summed E-state index contributed by atoms with van der Waals surface area (Å²) >= 11 is 0. The molecule has 3 nitrogen and oxygen atoms in total. The van der Waals surface area contributed by atoms with Gasteiger partial charge in [-0.15, -0.1) is 0 Å². The lowest BCUT2D eigenvalue weighted by atomic mass is 10.2. The molecule has 2 N–H and O–H groups in total. The summed E-state index contributed by atoms with van der Waals surface area (Å²) in [5.41, 5.74) is 5.46. The number of halogens is 1. The van der Waals surface area contributed by atoms with E-state index in [-0.39, 0.29) is 11.8 Å². The zero-order valence-electron chi connectivity index (χ0n) is 9.52. The van der Waals surface area contributed by atoms with Crippen LogP contribution in [0.15, 0.2) is 23.1 Å². The van der Waals surface area contributed by atoms with Crippen LogP contribution < -0.4 is 5.73 Å². The molecule has 1 saturated heterocycles. The molecule has 1 fully saturated rings. The Bertz CT molecular complexity index is 419. The standard InChI is InChI=1S/C12H16FNO2S/c13-11-8-10(3-4-12(11)14)17(15)7-5-9-2-1-6-16-9/h3-4,8-9H,1-2,5-7,14H2. The Kier molecular flexibility index (Phi) is 4.12. The number of hydrogen-bond acceptors (Lipinski definition) is 3. The second kappa shape index (κ2) is 5.60. The molecule has 0 spiro atoms. The van der Waals surface area contributed by atoms with Crippen LogP contribution in [0.4, 0.5) is 10.1 Å². The largest absolute Gasteiger partial charge is 0.396 e. The Labute approximate surface area is 103 Å². The third-order valence-electron chi connectivity index (χ3n) is 2.88. The van der Waals surface area contributed by atoms with Crippen LogP contribution in [0.3, 0.4) is 0 Å². The summed E-state index contributed by atoms with van der Waals surface area (Å²) in [6, 6.07) is 4.32. The average molecular weight is 257 g/mol. The molecule has 2 rings (SSSR count). The highest BCUT2D eigenvalue weighted by Crippen LogP contribution is 2.19. The maximum atomic E-state index is 13.2. The second-order valence-electron chi connectivity index (χ2n) is 4.16. The van der Waals surface area contributed by atoms with E-state index >= 15 is 0 Å². The fraction of sp³-hybridized carbons (Fsp3) is 0.500. The molecule has 0 radical (unpaired) electrons. The van der Waals surface area contributed by atoms with E-state index in [0.29, 0.717) is 10.6 Å². The predicted molar refractivity (Wildman–Crippen MR) is 65.7 cm³/mol. The van der Waals surface area contributed by atoms with Crippen molar-refractivity contribution in [1.82, 2.24) is 0 Å². The summed E-state index contributed by atoms with van der Waals surface area (Å²) in [5.74, 6) is 0.00145. The van der Waals surface area contributed by atoms with Gasteiger partial charge in [-0.2, -0.15) is 0 Å². The Morgan fingerprint density at radius 3 is 3.00 bits per heavy atom. The minimum atomic E-state index is -1.17. The first-order valence-corrected chi connectivity index (χ1v) is 7.03. The Morgan fingerprint density at radius 2 is 2.35 bits per heavy atom. The van der Waals surface area contributed by atoms with E-state index in [9.17, 15) is 8.60 Å². The summed E-state index contributed by atoms with van der Waals surface area (Å²) in [6.07, 6.45) is 3.09. The summed E-state index contributed by atoms with van der Waals surface area (Å²) in [7, 11) is -1.17. The lowest BCUT2D eigenvalue weighted by Crippen LogP contribution is -2.10. The van der Waals surface area contributed by atoms with Crippen LogP contribution in [-0.2, 0) is 15.5 Å². The van der Waals surface area contributed by atoms with Gasteiger partial charge in [0, 0.05) is 17.3 Å². The van der Waals surface area contributed by atoms with Crippen LogP contribution in [-0.4, -0.2) is 22.7 Å². The first-order valence-electron chi connectivity index (χ1n) is 5.72. The average Bonchev–Trinajstić information content (AvgIpc) is 2.82. The van der Waals surface area contributed by atoms with Crippen molar-refractivity contribution < 1.29 is 13.3 Å². The predicted octanol–water partition coefficient (Wildman–Crippen LogP) is 2.08. The minimum Gasteiger partial charge on any atom is -0.396 e. The van der Waals surface area contributed by atoms with Crippen molar-refractivity contribution in [1.29, 1.82) is 0 Å². The van der Waals surface area contributed by atoms with Crippen molar-refractivity contribution in [2.75, 3.05) is 18.1 Å². The highest BCUT2D eigenvalue weighted by molar-refractivity contribution is 7.85. The number of hydrogen-bond donors (Lipinski definition) is 1. The Balaban J connectivity index is 1.92. The molecule has 2 unspecified atom stereocenters. The van der Waals surface area contributed by atoms with Crippen LogP contribution in [0.1, 0.15) is 19.3 Å². The van der Waals surface area contributed by atoms with E-state index in [2.05, 4.69) is 0 Å². The fourth-order valence-electron chi connectivity index (χ4n) is 1.88. The third kappa shape index (κ3) is 3.26. The highest BCUT2D eigenvalue weighted by atomic mass is 32.2. The van der Waals surface area contributed by atoms with E-state index in [1.54, 1.807) is 6.07 Å². The van der Waals surface area contributed by atoms with Crippen molar-refractivity contribution in [3.05, 3.63) is 24.0 Å². The molecule has 0 amide bonds. The molecule has 5 heteroatoms. The number of ether oxygens (including phenoxy) is 1. The summed E-state index contributed by atoms with van der Waals surface area (Å²) < 4.78 is 30.6. The number of rotatable bonds is 4. The third-order valence-corrected chi connectivity index (χ3v) is 4.27. The van der Waals surface area contributed by atoms with Gasteiger partial charge in [0.1, 0.15) is 5.82 Å². The Morgan fingerprint density at radius 1 is 1.53 bits per heavy atom. The molecule has 2 atom stereocenters. The maximum absolute atomic E-state index is 13.2. The van der Waals surface area contributed by atoms with E-state index in [1.807, 2.05) is 0 Å². The Hall–Kier alpha value is -0.940. The van der Waals surface area contributed by atoms with Gasteiger partial charge in [0.2, 0.25) is 0 Å². The van der Waals surface area contributed by atoms with Crippen LogP contribution in [0.25, 0.3) is 0 Å². The van der Waals surface area contributed by atoms with Gasteiger partial charge in [-0.1, -0.05) is 0 Å². The van der Waals surface area contributed by atoms with Crippen LogP contribution in [0, 0.1) is 5.82 Å². The number of nitrogens with two attached hydrogens (primary N) is 1. The molecule has 1 aromatic rings. The lowest BCUT2D eigenvalue weighted by molar-refractivity contribution is 0.109. The SMILES string of the molecule is Nc1ccc(S(=O)CCC2CCCO2)cc1F. The van der Waals surface area contributed by atoms with Crippen LogP contribution in [0.2, 0.25) is 0 Å². The molecular formula is C12H16FNO2S. The maximum Gasteiger partial charge on any atom is 0.147 e. The zero-order chi connectivity index (χ0) is 12.3. The minimum absolute atomic E-state index is 0.0878. The normalized spacial score (nSPS) is 21.6. The van der Waals surface area contributed by atoms with Crippen molar-refractivity contribution >= 4 is 16.5 Å². The van der Waals surface area contributed by atoms with Crippen molar-refractivity contribution in [3.8, 4) is 0 Å². The second-order valence-corrected chi connectivity index (χ2v) is 5.73. The van der Waals surface area contributed by atoms with Crippen molar-refractivity contribution in [2.45, 2.75) is 30.3 Å². The topological polar surface area (TPSA) is 52.3 Å². The van der Waals surface area contributed by atoms with Gasteiger partial charge in [-0.3, -0.25) is 4.21 Å². The highest BCUT2D eigenvalue weighted by Gasteiger charge is 2.17. The first kappa shape index (κ1) is 12.5. The first-order chi connectivity index (χ1) is 8.16. The molecule has 1 heterocycles. The molecule has 0 saturated carbocycles.